The number of carbonyl (C=O) groups excluding carboxylic acids is 1. The number of carbonyl (C=O) groups is 1. The highest BCUT2D eigenvalue weighted by Crippen LogP contribution is 2.24. The predicted molar refractivity (Wildman–Crippen MR) is 87.2 cm³/mol. The van der Waals surface area contributed by atoms with Gasteiger partial charge in [0.1, 0.15) is 0 Å². The van der Waals surface area contributed by atoms with Gasteiger partial charge in [-0.25, -0.2) is 0 Å². The van der Waals surface area contributed by atoms with E-state index in [9.17, 15) is 4.79 Å². The highest BCUT2D eigenvalue weighted by atomic mass is 32.1. The number of hydrogen-bond acceptors (Lipinski definition) is 6. The van der Waals surface area contributed by atoms with Crippen LogP contribution < -0.4 is 5.32 Å². The van der Waals surface area contributed by atoms with E-state index in [0.717, 1.165) is 10.6 Å². The van der Waals surface area contributed by atoms with Gasteiger partial charge in [-0.3, -0.25) is 9.89 Å². The highest BCUT2D eigenvalue weighted by molar-refractivity contribution is 7.13. The summed E-state index contributed by atoms with van der Waals surface area (Å²) < 4.78 is 5.12. The number of amides is 1. The summed E-state index contributed by atoms with van der Waals surface area (Å²) in [6.07, 6.45) is 0.675. The maximum Gasteiger partial charge on any atom is 0.227 e. The Hall–Kier alpha value is -2.48. The van der Waals surface area contributed by atoms with Gasteiger partial charge in [0.15, 0.2) is 11.6 Å². The van der Waals surface area contributed by atoms with Gasteiger partial charge in [0, 0.05) is 24.8 Å². The van der Waals surface area contributed by atoms with Crippen molar-refractivity contribution in [2.24, 2.45) is 0 Å². The van der Waals surface area contributed by atoms with Gasteiger partial charge in [0.25, 0.3) is 0 Å². The smallest absolute Gasteiger partial charge is 0.227 e. The summed E-state index contributed by atoms with van der Waals surface area (Å²) in [5, 5.41) is 15.6. The number of aryl methyl sites for hydroxylation is 1. The van der Waals surface area contributed by atoms with E-state index in [2.05, 4.69) is 25.7 Å². The van der Waals surface area contributed by atoms with Crippen LogP contribution in [-0.2, 0) is 11.2 Å². The normalized spacial score (nSPS) is 11.1. The lowest BCUT2D eigenvalue weighted by Gasteiger charge is -1.99. The fourth-order valence-electron chi connectivity index (χ4n) is 1.97. The highest BCUT2D eigenvalue weighted by Gasteiger charge is 2.12. The van der Waals surface area contributed by atoms with Gasteiger partial charge in [0.05, 0.1) is 10.6 Å². The molecule has 8 heteroatoms. The Morgan fingerprint density at radius 2 is 2.35 bits per heavy atom. The lowest BCUT2D eigenvalue weighted by molar-refractivity contribution is -0.116. The molecule has 1 amide bonds. The number of H-pyrrole nitrogens is 1. The molecule has 3 aromatic rings. The first kappa shape index (κ1) is 15.4. The summed E-state index contributed by atoms with van der Waals surface area (Å²) in [5.74, 6) is 1.71. The van der Waals surface area contributed by atoms with Gasteiger partial charge in [-0.15, -0.1) is 11.3 Å². The topological polar surface area (TPSA) is 96.7 Å². The molecule has 2 N–H and O–H groups in total. The van der Waals surface area contributed by atoms with Gasteiger partial charge in [-0.2, -0.15) is 10.1 Å². The third-order valence-corrected chi connectivity index (χ3v) is 4.10. The summed E-state index contributed by atoms with van der Waals surface area (Å²) in [7, 11) is 0. The van der Waals surface area contributed by atoms with Crippen molar-refractivity contribution in [3.63, 3.8) is 0 Å². The van der Waals surface area contributed by atoms with Crippen LogP contribution in [0.3, 0.4) is 0 Å². The quantitative estimate of drug-likeness (QED) is 0.723. The molecule has 0 saturated heterocycles. The van der Waals surface area contributed by atoms with E-state index >= 15 is 0 Å². The summed E-state index contributed by atoms with van der Waals surface area (Å²) >= 11 is 1.61. The van der Waals surface area contributed by atoms with E-state index in [1.807, 2.05) is 37.4 Å². The molecule has 0 unspecified atom stereocenters. The molecule has 0 spiro atoms. The summed E-state index contributed by atoms with van der Waals surface area (Å²) in [4.78, 5) is 17.3. The van der Waals surface area contributed by atoms with Crippen LogP contribution in [0, 0.1) is 0 Å². The summed E-state index contributed by atoms with van der Waals surface area (Å²) in [5.41, 5.74) is 0.883. The minimum Gasteiger partial charge on any atom is -0.339 e. The van der Waals surface area contributed by atoms with Crippen molar-refractivity contribution in [2.45, 2.75) is 32.6 Å². The van der Waals surface area contributed by atoms with Gasteiger partial charge in [0.2, 0.25) is 11.8 Å². The largest absolute Gasteiger partial charge is 0.339 e. The Labute approximate surface area is 137 Å². The number of nitrogens with one attached hydrogen (secondary N) is 2. The fraction of sp³-hybridized carbons (Fsp3) is 0.333. The average Bonchev–Trinajstić information content (AvgIpc) is 3.25. The minimum absolute atomic E-state index is 0.140. The van der Waals surface area contributed by atoms with E-state index in [0.29, 0.717) is 24.0 Å². The molecule has 0 saturated carbocycles. The maximum absolute atomic E-state index is 12.0. The van der Waals surface area contributed by atoms with E-state index in [1.165, 1.54) is 0 Å². The number of anilines is 1. The Bertz CT molecular complexity index is 776. The molecule has 3 rings (SSSR count). The van der Waals surface area contributed by atoms with Crippen LogP contribution in [-0.4, -0.2) is 26.2 Å². The first-order valence-corrected chi connectivity index (χ1v) is 8.21. The monoisotopic (exact) mass is 331 g/mol. The van der Waals surface area contributed by atoms with Gasteiger partial charge in [-0.1, -0.05) is 25.1 Å². The molecule has 0 atom stereocenters. The fourth-order valence-corrected chi connectivity index (χ4v) is 2.67. The lowest BCUT2D eigenvalue weighted by Crippen LogP contribution is -2.12. The molecule has 7 nitrogen and oxygen atoms in total. The number of thiophene rings is 1. The number of rotatable bonds is 6. The van der Waals surface area contributed by atoms with Crippen LogP contribution in [0.1, 0.15) is 37.9 Å². The Kier molecular flexibility index (Phi) is 4.52. The Morgan fingerprint density at radius 3 is 3.04 bits per heavy atom. The second-order valence-electron chi connectivity index (χ2n) is 5.39. The summed E-state index contributed by atoms with van der Waals surface area (Å²) in [6.45, 7) is 3.98. The Morgan fingerprint density at radius 1 is 1.48 bits per heavy atom. The average molecular weight is 331 g/mol. The van der Waals surface area contributed by atoms with Crippen molar-refractivity contribution in [2.75, 3.05) is 5.32 Å². The van der Waals surface area contributed by atoms with Crippen LogP contribution in [0.25, 0.3) is 10.6 Å². The van der Waals surface area contributed by atoms with E-state index in [4.69, 9.17) is 4.52 Å². The van der Waals surface area contributed by atoms with Crippen LogP contribution in [0.2, 0.25) is 0 Å². The molecular weight excluding hydrogens is 314 g/mol. The number of aromatic amines is 1. The van der Waals surface area contributed by atoms with Crippen molar-refractivity contribution in [3.05, 3.63) is 35.3 Å². The van der Waals surface area contributed by atoms with Crippen molar-refractivity contribution in [3.8, 4) is 10.6 Å². The first-order chi connectivity index (χ1) is 11.1. The lowest BCUT2D eigenvalue weighted by atomic mass is 10.2. The van der Waals surface area contributed by atoms with Crippen molar-refractivity contribution >= 4 is 23.1 Å². The molecule has 0 radical (unpaired) electrons. The van der Waals surface area contributed by atoms with Crippen molar-refractivity contribution in [1.29, 1.82) is 0 Å². The maximum atomic E-state index is 12.0. The molecule has 3 aromatic heterocycles. The second-order valence-corrected chi connectivity index (χ2v) is 6.34. The van der Waals surface area contributed by atoms with Gasteiger partial charge < -0.3 is 9.84 Å². The van der Waals surface area contributed by atoms with Crippen LogP contribution in [0.5, 0.6) is 0 Å². The molecule has 0 aliphatic rings. The van der Waals surface area contributed by atoms with Crippen LogP contribution in [0.4, 0.5) is 5.82 Å². The molecule has 0 fully saturated rings. The van der Waals surface area contributed by atoms with E-state index in [1.54, 1.807) is 11.3 Å². The van der Waals surface area contributed by atoms with E-state index < -0.39 is 0 Å². The predicted octanol–water partition coefficient (Wildman–Crippen LogP) is 3.22. The van der Waals surface area contributed by atoms with Crippen LogP contribution in [0.15, 0.2) is 28.1 Å². The Balaban J connectivity index is 1.53. The SMILES string of the molecule is CC(C)c1noc(CCC(=O)Nc2cc(-c3cccs3)[nH]n2)n1. The van der Waals surface area contributed by atoms with E-state index in [-0.39, 0.29) is 18.2 Å². The molecule has 23 heavy (non-hydrogen) atoms. The van der Waals surface area contributed by atoms with Gasteiger partial charge >= 0.3 is 0 Å². The molecule has 3 heterocycles. The molecule has 0 aliphatic carbocycles. The third-order valence-electron chi connectivity index (χ3n) is 3.20. The molecular formula is C15H17N5O2S. The molecule has 0 aliphatic heterocycles. The minimum atomic E-state index is -0.140. The number of hydrogen-bond donors (Lipinski definition) is 2. The zero-order valence-corrected chi connectivity index (χ0v) is 13.7. The van der Waals surface area contributed by atoms with Crippen LogP contribution >= 0.6 is 11.3 Å². The first-order valence-electron chi connectivity index (χ1n) is 7.33. The number of aromatic nitrogens is 4. The second kappa shape index (κ2) is 6.74. The zero-order valence-electron chi connectivity index (χ0n) is 12.9. The summed E-state index contributed by atoms with van der Waals surface area (Å²) in [6, 6.07) is 5.77. The molecule has 0 bridgehead atoms. The van der Waals surface area contributed by atoms with Crippen molar-refractivity contribution in [1.82, 2.24) is 20.3 Å². The molecule has 0 aromatic carbocycles. The third kappa shape index (κ3) is 3.84. The standard InChI is InChI=1S/C15H17N5O2S/c1-9(2)15-17-14(22-20-15)6-5-13(21)16-12-8-10(18-19-12)11-4-3-7-23-11/h3-4,7-9H,5-6H2,1-2H3,(H2,16,18,19,21). The van der Waals surface area contributed by atoms with Gasteiger partial charge in [-0.05, 0) is 11.4 Å². The molecule has 120 valence electrons. The zero-order chi connectivity index (χ0) is 16.2. The number of nitrogens with zero attached hydrogens (tertiary/aromatic N) is 3. The van der Waals surface area contributed by atoms with Crippen molar-refractivity contribution < 1.29 is 9.32 Å².